The largest absolute Gasteiger partial charge is 0.339 e. The highest BCUT2D eigenvalue weighted by Crippen LogP contribution is 2.25. The van der Waals surface area contributed by atoms with Gasteiger partial charge in [-0.3, -0.25) is 0 Å². The number of rotatable bonds is 5. The van der Waals surface area contributed by atoms with Gasteiger partial charge in [0.25, 0.3) is 0 Å². The number of urea groups is 1. The van der Waals surface area contributed by atoms with Crippen molar-refractivity contribution in [3.63, 3.8) is 0 Å². The van der Waals surface area contributed by atoms with Gasteiger partial charge in [-0.15, -0.1) is 0 Å². The lowest BCUT2D eigenvalue weighted by Gasteiger charge is -2.16. The second kappa shape index (κ2) is 7.47. The van der Waals surface area contributed by atoms with Crippen molar-refractivity contribution in [3.05, 3.63) is 45.5 Å². The number of nitrogens with zero attached hydrogens (tertiary/aromatic N) is 2. The second-order valence-electron chi connectivity index (χ2n) is 4.77. The molecule has 2 rings (SSSR count). The quantitative estimate of drug-likeness (QED) is 0.873. The molecule has 1 aromatic heterocycles. The molecule has 0 spiro atoms. The van der Waals surface area contributed by atoms with Crippen LogP contribution in [0.1, 0.15) is 30.2 Å². The normalized spacial score (nSPS) is 12.0. The number of hydrogen-bond donors (Lipinski definition) is 2. The molecule has 0 saturated carbocycles. The predicted molar refractivity (Wildman–Crippen MR) is 84.2 cm³/mol. The molecular weight excluding hydrogens is 327 g/mol. The van der Waals surface area contributed by atoms with Crippen molar-refractivity contribution < 1.29 is 9.32 Å². The Morgan fingerprint density at radius 3 is 2.82 bits per heavy atom. The number of carbonyl (C=O) groups is 1. The van der Waals surface area contributed by atoms with E-state index < -0.39 is 0 Å². The summed E-state index contributed by atoms with van der Waals surface area (Å²) < 4.78 is 4.96. The van der Waals surface area contributed by atoms with E-state index in [0.29, 0.717) is 34.7 Å². The maximum absolute atomic E-state index is 11.8. The average molecular weight is 343 g/mol. The Morgan fingerprint density at radius 1 is 1.41 bits per heavy atom. The van der Waals surface area contributed by atoms with Gasteiger partial charge in [0.2, 0.25) is 5.89 Å². The first kappa shape index (κ1) is 16.6. The van der Waals surface area contributed by atoms with Gasteiger partial charge in [0.05, 0.1) is 6.04 Å². The standard InChI is InChI=1S/C14H16Cl2N4O2/c1-8(11-4-3-10(15)7-12(11)16)18-14(21)17-6-5-13-19-9(2)20-22-13/h3-4,7-8H,5-6H2,1-2H3,(H2,17,18,21)/t8-/m1/s1. The van der Waals surface area contributed by atoms with E-state index in [2.05, 4.69) is 20.8 Å². The van der Waals surface area contributed by atoms with Crippen LogP contribution in [0.25, 0.3) is 0 Å². The second-order valence-corrected chi connectivity index (χ2v) is 5.62. The van der Waals surface area contributed by atoms with Crippen molar-refractivity contribution in [3.8, 4) is 0 Å². The Morgan fingerprint density at radius 2 is 2.18 bits per heavy atom. The molecular formula is C14H16Cl2N4O2. The molecule has 1 aromatic carbocycles. The number of carbonyl (C=O) groups excluding carboxylic acids is 1. The minimum atomic E-state index is -0.297. The van der Waals surface area contributed by atoms with Crippen molar-refractivity contribution >= 4 is 29.2 Å². The lowest BCUT2D eigenvalue weighted by molar-refractivity contribution is 0.237. The van der Waals surface area contributed by atoms with Gasteiger partial charge < -0.3 is 15.2 Å². The van der Waals surface area contributed by atoms with E-state index >= 15 is 0 Å². The molecule has 1 heterocycles. The summed E-state index contributed by atoms with van der Waals surface area (Å²) in [6.07, 6.45) is 0.477. The third kappa shape index (κ3) is 4.61. The van der Waals surface area contributed by atoms with Crippen molar-refractivity contribution in [2.24, 2.45) is 0 Å². The fourth-order valence-electron chi connectivity index (χ4n) is 1.90. The Hall–Kier alpha value is -1.79. The molecule has 2 N–H and O–H groups in total. The van der Waals surface area contributed by atoms with E-state index in [1.165, 1.54) is 0 Å². The van der Waals surface area contributed by atoms with Crippen LogP contribution in [-0.4, -0.2) is 22.7 Å². The first-order valence-electron chi connectivity index (χ1n) is 6.74. The number of benzene rings is 1. The molecule has 0 radical (unpaired) electrons. The highest BCUT2D eigenvalue weighted by atomic mass is 35.5. The maximum atomic E-state index is 11.8. The maximum Gasteiger partial charge on any atom is 0.315 e. The summed E-state index contributed by atoms with van der Waals surface area (Å²) in [5, 5.41) is 10.3. The minimum Gasteiger partial charge on any atom is -0.339 e. The van der Waals surface area contributed by atoms with Crippen molar-refractivity contribution in [1.29, 1.82) is 0 Å². The van der Waals surface area contributed by atoms with Gasteiger partial charge in [-0.05, 0) is 31.5 Å². The summed E-state index contributed by atoms with van der Waals surface area (Å²) >= 11 is 12.0. The Bertz CT molecular complexity index is 660. The highest BCUT2D eigenvalue weighted by Gasteiger charge is 2.13. The summed E-state index contributed by atoms with van der Waals surface area (Å²) in [4.78, 5) is 15.9. The van der Waals surface area contributed by atoms with E-state index in [4.69, 9.17) is 27.7 Å². The summed E-state index contributed by atoms with van der Waals surface area (Å²) in [7, 11) is 0. The van der Waals surface area contributed by atoms with Crippen LogP contribution in [0.5, 0.6) is 0 Å². The average Bonchev–Trinajstić information content (AvgIpc) is 2.84. The minimum absolute atomic E-state index is 0.240. The fraction of sp³-hybridized carbons (Fsp3) is 0.357. The zero-order valence-corrected chi connectivity index (χ0v) is 13.7. The number of nitrogens with one attached hydrogen (secondary N) is 2. The first-order chi connectivity index (χ1) is 10.5. The van der Waals surface area contributed by atoms with Gasteiger partial charge in [-0.25, -0.2) is 4.79 Å². The molecule has 0 saturated heterocycles. The molecule has 0 aliphatic rings. The molecule has 0 unspecified atom stereocenters. The zero-order valence-electron chi connectivity index (χ0n) is 12.2. The van der Waals surface area contributed by atoms with E-state index in [9.17, 15) is 4.79 Å². The van der Waals surface area contributed by atoms with Gasteiger partial charge in [-0.2, -0.15) is 4.98 Å². The highest BCUT2D eigenvalue weighted by molar-refractivity contribution is 6.35. The van der Waals surface area contributed by atoms with Gasteiger partial charge in [-0.1, -0.05) is 34.4 Å². The topological polar surface area (TPSA) is 80.0 Å². The Balaban J connectivity index is 1.81. The molecule has 2 amide bonds. The third-order valence-electron chi connectivity index (χ3n) is 2.97. The van der Waals surface area contributed by atoms with Crippen LogP contribution in [0.15, 0.2) is 22.7 Å². The summed E-state index contributed by atoms with van der Waals surface area (Å²) in [6, 6.07) is 4.63. The first-order valence-corrected chi connectivity index (χ1v) is 7.50. The number of amides is 2. The molecule has 0 fully saturated rings. The van der Waals surface area contributed by atoms with Crippen molar-refractivity contribution in [1.82, 2.24) is 20.8 Å². The summed E-state index contributed by atoms with van der Waals surface area (Å²) in [5.74, 6) is 1.07. The van der Waals surface area contributed by atoms with E-state index in [1.807, 2.05) is 6.92 Å². The van der Waals surface area contributed by atoms with Crippen LogP contribution in [0, 0.1) is 6.92 Å². The molecule has 8 heteroatoms. The molecule has 6 nitrogen and oxygen atoms in total. The van der Waals surface area contributed by atoms with Crippen molar-refractivity contribution in [2.45, 2.75) is 26.3 Å². The van der Waals surface area contributed by atoms with Crippen LogP contribution in [-0.2, 0) is 6.42 Å². The molecule has 22 heavy (non-hydrogen) atoms. The predicted octanol–water partition coefficient (Wildman–Crippen LogP) is 3.29. The SMILES string of the molecule is Cc1noc(CCNC(=O)N[C@H](C)c2ccc(Cl)cc2Cl)n1. The fourth-order valence-corrected chi connectivity index (χ4v) is 2.47. The van der Waals surface area contributed by atoms with Gasteiger partial charge in [0, 0.05) is 23.0 Å². The molecule has 0 aliphatic heterocycles. The summed E-state index contributed by atoms with van der Waals surface area (Å²) in [5.41, 5.74) is 0.800. The number of aryl methyl sites for hydroxylation is 1. The van der Waals surface area contributed by atoms with Crippen LogP contribution >= 0.6 is 23.2 Å². The third-order valence-corrected chi connectivity index (χ3v) is 3.53. The van der Waals surface area contributed by atoms with Gasteiger partial charge in [0.15, 0.2) is 5.82 Å². The van der Waals surface area contributed by atoms with Crippen molar-refractivity contribution in [2.75, 3.05) is 6.54 Å². The monoisotopic (exact) mass is 342 g/mol. The lowest BCUT2D eigenvalue weighted by Crippen LogP contribution is -2.38. The molecule has 1 atom stereocenters. The number of hydrogen-bond acceptors (Lipinski definition) is 4. The van der Waals surface area contributed by atoms with E-state index in [-0.39, 0.29) is 12.1 Å². The lowest BCUT2D eigenvalue weighted by atomic mass is 10.1. The molecule has 2 aromatic rings. The molecule has 118 valence electrons. The summed E-state index contributed by atoms with van der Waals surface area (Å²) in [6.45, 7) is 3.98. The molecule has 0 bridgehead atoms. The zero-order chi connectivity index (χ0) is 16.1. The van der Waals surface area contributed by atoms with Crippen LogP contribution in [0.2, 0.25) is 10.0 Å². The Kier molecular flexibility index (Phi) is 5.63. The van der Waals surface area contributed by atoms with Crippen LogP contribution < -0.4 is 10.6 Å². The Labute approximate surface area is 138 Å². The van der Waals surface area contributed by atoms with Crippen LogP contribution in [0.3, 0.4) is 0 Å². The number of aromatic nitrogens is 2. The van der Waals surface area contributed by atoms with Gasteiger partial charge >= 0.3 is 6.03 Å². The smallest absolute Gasteiger partial charge is 0.315 e. The van der Waals surface area contributed by atoms with E-state index in [1.54, 1.807) is 25.1 Å². The molecule has 0 aliphatic carbocycles. The van der Waals surface area contributed by atoms with E-state index in [0.717, 1.165) is 5.56 Å². The number of halogens is 2. The van der Waals surface area contributed by atoms with Crippen LogP contribution in [0.4, 0.5) is 4.79 Å². The van der Waals surface area contributed by atoms with Gasteiger partial charge in [0.1, 0.15) is 0 Å².